The van der Waals surface area contributed by atoms with Gasteiger partial charge in [0, 0.05) is 5.48 Å². The van der Waals surface area contributed by atoms with E-state index in [9.17, 15) is 14.2 Å². The predicted molar refractivity (Wildman–Crippen MR) is 56.6 cm³/mol. The van der Waals surface area contributed by atoms with Crippen LogP contribution in [0.15, 0.2) is 0 Å². The Kier molecular flexibility index (Phi) is 3.63. The molecule has 0 aliphatic rings. The van der Waals surface area contributed by atoms with Gasteiger partial charge in [0.15, 0.2) is 0 Å². The van der Waals surface area contributed by atoms with E-state index in [0.29, 0.717) is 0 Å². The van der Waals surface area contributed by atoms with E-state index in [2.05, 4.69) is 0 Å². The van der Waals surface area contributed by atoms with Crippen LogP contribution in [0.2, 0.25) is 0 Å². The summed E-state index contributed by atoms with van der Waals surface area (Å²) in [7, 11) is -11.2. The van der Waals surface area contributed by atoms with Gasteiger partial charge in [0.25, 0.3) is 5.08 Å². The zero-order valence-corrected chi connectivity index (χ0v) is 9.93. The summed E-state index contributed by atoms with van der Waals surface area (Å²) in [6, 6.07) is 0. The Bertz CT molecular complexity index is 419. The maximum Gasteiger partial charge on any atom is 0.369 e. The van der Waals surface area contributed by atoms with E-state index in [0.717, 1.165) is 0 Å². The third-order valence-corrected chi connectivity index (χ3v) is 5.73. The summed E-state index contributed by atoms with van der Waals surface area (Å²) in [6.07, 6.45) is -5.01. The fourth-order valence-corrected chi connectivity index (χ4v) is 3.20. The van der Waals surface area contributed by atoms with E-state index in [4.69, 9.17) is 30.8 Å². The van der Waals surface area contributed by atoms with Crippen molar-refractivity contribution in [2.45, 2.75) is 30.7 Å². The molecule has 0 amide bonds. The summed E-state index contributed by atoms with van der Waals surface area (Å²) in [5.74, 6) is 0. The van der Waals surface area contributed by atoms with Crippen molar-refractivity contribution in [2.75, 3.05) is 6.50 Å². The van der Waals surface area contributed by atoms with E-state index in [1.54, 1.807) is 0 Å². The average molecular weight is 281 g/mol. The Morgan fingerprint density at radius 1 is 1.12 bits per heavy atom. The lowest BCUT2D eigenvalue weighted by Gasteiger charge is -2.29. The molecule has 0 atom stereocenters. The van der Waals surface area contributed by atoms with Crippen molar-refractivity contribution in [3.63, 3.8) is 0 Å². The Hall–Kier alpha value is 0.220. The van der Waals surface area contributed by atoms with E-state index in [1.165, 1.54) is 0 Å². The third kappa shape index (κ3) is 3.91. The van der Waals surface area contributed by atoms with Crippen LogP contribution in [-0.4, -0.2) is 36.3 Å². The molecule has 0 aliphatic heterocycles. The van der Waals surface area contributed by atoms with Crippen LogP contribution in [0.3, 0.4) is 0 Å². The highest BCUT2D eigenvalue weighted by molar-refractivity contribution is 7.72. The van der Waals surface area contributed by atoms with Gasteiger partial charge in [0.1, 0.15) is 0 Å². The first-order valence-electron chi connectivity index (χ1n) is 6.08. The molecule has 0 bridgehead atoms. The minimum Gasteiger partial charge on any atom is -0.368 e. The number of aliphatic hydroxyl groups is 1. The Labute approximate surface area is 98.4 Å². The van der Waals surface area contributed by atoms with Gasteiger partial charge in [-0.2, -0.15) is 0 Å². The van der Waals surface area contributed by atoms with E-state index in [1.807, 2.05) is 0 Å². The molecule has 10 heteroatoms. The molecule has 0 fully saturated rings. The van der Waals surface area contributed by atoms with Crippen LogP contribution in [-0.2, 0) is 9.13 Å². The molecule has 0 radical (unpaired) electrons. The lowest BCUT2D eigenvalue weighted by Crippen LogP contribution is -2.28. The second-order valence-corrected chi connectivity index (χ2v) is 7.05. The normalized spacial score (nSPS) is 19.6. The molecule has 7 N–H and O–H groups in total. The molecular weight excluding hydrogens is 260 g/mol. The largest absolute Gasteiger partial charge is 0.369 e. The average Bonchev–Trinajstić information content (AvgIpc) is 2.11. The van der Waals surface area contributed by atoms with Gasteiger partial charge >= 0.3 is 15.2 Å². The highest BCUT2D eigenvalue weighted by Crippen LogP contribution is 2.69. The van der Waals surface area contributed by atoms with Crippen molar-refractivity contribution in [1.29, 1.82) is 0 Å². The minimum absolute atomic E-state index is 0.601. The quantitative estimate of drug-likeness (QED) is 0.340. The molecule has 0 heterocycles. The van der Waals surface area contributed by atoms with Gasteiger partial charge in [-0.3, -0.25) is 9.13 Å². The zero-order chi connectivity index (χ0) is 16.6. The highest BCUT2D eigenvalue weighted by atomic mass is 31.2. The molecule has 0 aromatic carbocycles. The van der Waals surface area contributed by atoms with Gasteiger partial charge in [0.05, 0.1) is 0 Å². The Balaban J connectivity index is 5.04. The van der Waals surface area contributed by atoms with Crippen LogP contribution in [0, 0.1) is 0 Å². The molecule has 16 heavy (non-hydrogen) atoms. The first-order chi connectivity index (χ1) is 8.46. The van der Waals surface area contributed by atoms with Crippen LogP contribution in [0.5, 0.6) is 0 Å². The van der Waals surface area contributed by atoms with Crippen LogP contribution >= 0.6 is 15.2 Å². The molecule has 0 saturated heterocycles. The molecule has 0 spiro atoms. The van der Waals surface area contributed by atoms with Crippen LogP contribution in [0.1, 0.15) is 31.1 Å². The molecule has 0 aliphatic carbocycles. The maximum atomic E-state index is 11.0. The summed E-state index contributed by atoms with van der Waals surface area (Å²) >= 11 is 0. The molecule has 8 nitrogen and oxygen atoms in total. The Morgan fingerprint density at radius 2 is 1.56 bits per heavy atom. The van der Waals surface area contributed by atoms with Crippen molar-refractivity contribution in [3.05, 3.63) is 0 Å². The molecule has 0 saturated carbocycles. The molecule has 0 aromatic heterocycles. The van der Waals surface area contributed by atoms with Gasteiger partial charge in [0.2, 0.25) is 0 Å². The molecular formula is C6H17NO7P2. The van der Waals surface area contributed by atoms with E-state index >= 15 is 0 Å². The van der Waals surface area contributed by atoms with Crippen molar-refractivity contribution in [2.24, 2.45) is 5.73 Å². The SMILES string of the molecule is [2H]C([2H])(N)C([2H])([2H])CCCC(O)(P(=O)(O)O)P(=O)(O)O. The molecule has 0 unspecified atom stereocenters. The zero-order valence-electron chi connectivity index (χ0n) is 12.1. The van der Waals surface area contributed by atoms with E-state index < -0.39 is 52.4 Å². The van der Waals surface area contributed by atoms with Crippen molar-refractivity contribution in [3.8, 4) is 0 Å². The smallest absolute Gasteiger partial charge is 0.368 e. The maximum absolute atomic E-state index is 11.0. The summed E-state index contributed by atoms with van der Waals surface area (Å²) < 4.78 is 50.6. The monoisotopic (exact) mass is 281 g/mol. The lowest BCUT2D eigenvalue weighted by molar-refractivity contribution is 0.120. The second kappa shape index (κ2) is 5.71. The van der Waals surface area contributed by atoms with E-state index in [-0.39, 0.29) is 0 Å². The summed E-state index contributed by atoms with van der Waals surface area (Å²) in [6.45, 7) is -2.75. The van der Waals surface area contributed by atoms with Crippen molar-refractivity contribution in [1.82, 2.24) is 0 Å². The second-order valence-electron chi connectivity index (χ2n) is 3.04. The highest BCUT2D eigenvalue weighted by Gasteiger charge is 2.58. The van der Waals surface area contributed by atoms with Gasteiger partial charge in [-0.05, 0) is 25.7 Å². The lowest BCUT2D eigenvalue weighted by atomic mass is 10.2. The predicted octanol–water partition coefficient (Wildman–Crippen LogP) is -0.493. The number of nitrogens with two attached hydrogens (primary N) is 1. The van der Waals surface area contributed by atoms with Crippen LogP contribution in [0.4, 0.5) is 0 Å². The molecule has 0 rings (SSSR count). The molecule has 98 valence electrons. The Morgan fingerprint density at radius 3 is 1.88 bits per heavy atom. The minimum atomic E-state index is -5.59. The number of hydrogen-bond acceptors (Lipinski definition) is 4. The van der Waals surface area contributed by atoms with Gasteiger partial charge in [-0.15, -0.1) is 0 Å². The fraction of sp³-hybridized carbons (Fsp3) is 1.00. The van der Waals surface area contributed by atoms with Gasteiger partial charge in [-0.1, -0.05) is 6.42 Å². The molecule has 0 aromatic rings. The first-order valence-corrected chi connectivity index (χ1v) is 7.31. The van der Waals surface area contributed by atoms with Crippen molar-refractivity contribution >= 4 is 15.2 Å². The summed E-state index contributed by atoms with van der Waals surface area (Å²) in [5.41, 5.74) is 4.92. The third-order valence-electron chi connectivity index (χ3n) is 1.85. The number of hydrogen-bond donors (Lipinski definition) is 6. The first kappa shape index (κ1) is 10.2. The van der Waals surface area contributed by atoms with Crippen LogP contribution in [0.25, 0.3) is 0 Å². The fourth-order valence-electron chi connectivity index (χ4n) is 0.947. The van der Waals surface area contributed by atoms with Crippen molar-refractivity contribution < 1.29 is 39.3 Å². The topological polar surface area (TPSA) is 161 Å². The van der Waals surface area contributed by atoms with Gasteiger partial charge < -0.3 is 30.4 Å². The van der Waals surface area contributed by atoms with Crippen LogP contribution < -0.4 is 5.73 Å². The summed E-state index contributed by atoms with van der Waals surface area (Å²) in [4.78, 5) is 35.4. The van der Waals surface area contributed by atoms with Gasteiger partial charge in [-0.25, -0.2) is 0 Å². The summed E-state index contributed by atoms with van der Waals surface area (Å²) in [5, 5.41) is 5.88. The standard InChI is InChI=1S/C6H17NO7P2/c7-5-3-1-2-4-6(8,15(9,10)11)16(12,13)14/h8H,1-5,7H2,(H2,9,10,11)(H2,12,13,14)/i3D2,5D2. The number of rotatable bonds is 7.